The largest absolute Gasteiger partial charge is 0.411 e. The molecule has 5 nitrogen and oxygen atoms in total. The highest BCUT2D eigenvalue weighted by Gasteiger charge is 2.27. The van der Waals surface area contributed by atoms with Crippen molar-refractivity contribution in [1.29, 1.82) is 0 Å². The fourth-order valence-corrected chi connectivity index (χ4v) is 3.18. The molecular formula is C21H33F3IN3O2. The number of hydrogen-bond acceptors (Lipinski definition) is 3. The number of hydrogen-bond donors (Lipinski definition) is 1. The lowest BCUT2D eigenvalue weighted by Gasteiger charge is -2.26. The Hall–Kier alpha value is -1.07. The van der Waals surface area contributed by atoms with E-state index in [0.717, 1.165) is 57.1 Å². The molecule has 2 rings (SSSR count). The molecule has 1 aliphatic rings. The van der Waals surface area contributed by atoms with Crippen molar-refractivity contribution in [3.8, 4) is 0 Å². The van der Waals surface area contributed by atoms with E-state index in [4.69, 9.17) is 9.73 Å². The van der Waals surface area contributed by atoms with Gasteiger partial charge in [-0.3, -0.25) is 0 Å². The summed E-state index contributed by atoms with van der Waals surface area (Å²) in [6.07, 6.45) is -0.924. The molecule has 1 aromatic rings. The predicted octanol–water partition coefficient (Wildman–Crippen LogP) is 4.60. The van der Waals surface area contributed by atoms with Gasteiger partial charge >= 0.3 is 6.18 Å². The third-order valence-corrected chi connectivity index (χ3v) is 4.88. The number of nitrogens with one attached hydrogen (secondary N) is 1. The highest BCUT2D eigenvalue weighted by atomic mass is 127. The number of rotatable bonds is 9. The van der Waals surface area contributed by atoms with E-state index in [0.29, 0.717) is 18.0 Å². The Morgan fingerprint density at radius 1 is 1.20 bits per heavy atom. The van der Waals surface area contributed by atoms with Crippen LogP contribution >= 0.6 is 24.0 Å². The van der Waals surface area contributed by atoms with Gasteiger partial charge in [-0.05, 0) is 43.2 Å². The van der Waals surface area contributed by atoms with E-state index < -0.39 is 12.8 Å². The van der Waals surface area contributed by atoms with Crippen molar-refractivity contribution in [3.05, 3.63) is 35.4 Å². The summed E-state index contributed by atoms with van der Waals surface area (Å²) in [7, 11) is 2.04. The molecule has 0 aliphatic carbocycles. The van der Waals surface area contributed by atoms with E-state index in [1.165, 1.54) is 0 Å². The molecule has 30 heavy (non-hydrogen) atoms. The third kappa shape index (κ3) is 10.8. The van der Waals surface area contributed by atoms with Gasteiger partial charge in [-0.2, -0.15) is 13.2 Å². The van der Waals surface area contributed by atoms with Crippen LogP contribution < -0.4 is 5.32 Å². The molecule has 0 radical (unpaired) electrons. The lowest BCUT2D eigenvalue weighted by molar-refractivity contribution is -0.176. The summed E-state index contributed by atoms with van der Waals surface area (Å²) >= 11 is 0. The lowest BCUT2D eigenvalue weighted by atomic mass is 9.96. The van der Waals surface area contributed by atoms with Crippen LogP contribution in [0.3, 0.4) is 0 Å². The van der Waals surface area contributed by atoms with Crippen molar-refractivity contribution >= 4 is 29.9 Å². The molecule has 0 bridgehead atoms. The zero-order chi connectivity index (χ0) is 21.1. The molecule has 0 atom stereocenters. The SMILES string of the molecule is CCNC(=NCc1ccc(COCC(F)(F)F)cc1)N(C)CCC1CCOCC1.I. The quantitative estimate of drug-likeness (QED) is 0.281. The number of benzene rings is 1. The van der Waals surface area contributed by atoms with Crippen molar-refractivity contribution in [2.24, 2.45) is 10.9 Å². The van der Waals surface area contributed by atoms with Crippen molar-refractivity contribution in [2.75, 3.05) is 40.0 Å². The zero-order valence-corrected chi connectivity index (χ0v) is 20.0. The maximum absolute atomic E-state index is 12.1. The molecular weight excluding hydrogens is 510 g/mol. The van der Waals surface area contributed by atoms with Crippen LogP contribution in [0.5, 0.6) is 0 Å². The van der Waals surface area contributed by atoms with Gasteiger partial charge in [0.15, 0.2) is 5.96 Å². The predicted molar refractivity (Wildman–Crippen MR) is 123 cm³/mol. The van der Waals surface area contributed by atoms with E-state index in [1.54, 1.807) is 12.1 Å². The average molecular weight is 543 g/mol. The topological polar surface area (TPSA) is 46.1 Å². The fraction of sp³-hybridized carbons (Fsp3) is 0.667. The highest BCUT2D eigenvalue weighted by molar-refractivity contribution is 14.0. The Bertz CT molecular complexity index is 621. The maximum atomic E-state index is 12.1. The zero-order valence-electron chi connectivity index (χ0n) is 17.7. The number of nitrogens with zero attached hydrogens (tertiary/aromatic N) is 2. The van der Waals surface area contributed by atoms with Crippen LogP contribution in [0.4, 0.5) is 13.2 Å². The summed E-state index contributed by atoms with van der Waals surface area (Å²) in [6, 6.07) is 7.31. The van der Waals surface area contributed by atoms with Crippen LogP contribution in [0.15, 0.2) is 29.3 Å². The summed E-state index contributed by atoms with van der Waals surface area (Å²) in [6.45, 7) is 4.71. The minimum absolute atomic E-state index is 0. The van der Waals surface area contributed by atoms with Crippen LogP contribution in [-0.4, -0.2) is 57.0 Å². The second kappa shape index (κ2) is 14.1. The van der Waals surface area contributed by atoms with Gasteiger partial charge in [0.05, 0.1) is 13.2 Å². The first-order valence-corrected chi connectivity index (χ1v) is 10.2. The van der Waals surface area contributed by atoms with Crippen molar-refractivity contribution in [2.45, 2.75) is 45.5 Å². The maximum Gasteiger partial charge on any atom is 0.411 e. The van der Waals surface area contributed by atoms with Crippen LogP contribution in [-0.2, 0) is 22.6 Å². The van der Waals surface area contributed by atoms with Crippen LogP contribution in [0.2, 0.25) is 0 Å². The summed E-state index contributed by atoms with van der Waals surface area (Å²) in [4.78, 5) is 6.85. The second-order valence-electron chi connectivity index (χ2n) is 7.36. The molecule has 1 saturated heterocycles. The third-order valence-electron chi connectivity index (χ3n) is 4.88. The van der Waals surface area contributed by atoms with Gasteiger partial charge in [0.2, 0.25) is 0 Å². The fourth-order valence-electron chi connectivity index (χ4n) is 3.18. The molecule has 0 saturated carbocycles. The van der Waals surface area contributed by atoms with Gasteiger partial charge in [0, 0.05) is 33.4 Å². The first-order valence-electron chi connectivity index (χ1n) is 10.2. The summed E-state index contributed by atoms with van der Waals surface area (Å²) in [5, 5.41) is 3.32. The smallest absolute Gasteiger partial charge is 0.381 e. The van der Waals surface area contributed by atoms with Gasteiger partial charge in [-0.1, -0.05) is 24.3 Å². The Morgan fingerprint density at radius 2 is 1.83 bits per heavy atom. The number of guanidine groups is 1. The van der Waals surface area contributed by atoms with Crippen molar-refractivity contribution in [1.82, 2.24) is 10.2 Å². The van der Waals surface area contributed by atoms with Gasteiger partial charge < -0.3 is 19.7 Å². The van der Waals surface area contributed by atoms with Crippen LogP contribution in [0.25, 0.3) is 0 Å². The monoisotopic (exact) mass is 543 g/mol. The number of halogens is 4. The molecule has 1 heterocycles. The molecule has 1 aromatic carbocycles. The molecule has 1 aliphatic heterocycles. The minimum atomic E-state index is -4.30. The molecule has 9 heteroatoms. The van der Waals surface area contributed by atoms with Crippen LogP contribution in [0, 0.1) is 5.92 Å². The van der Waals surface area contributed by atoms with E-state index in [-0.39, 0.29) is 30.6 Å². The Labute approximate surface area is 194 Å². The normalized spacial score (nSPS) is 15.6. The Kier molecular flexibility index (Phi) is 12.7. The van der Waals surface area contributed by atoms with Crippen molar-refractivity contribution in [3.63, 3.8) is 0 Å². The van der Waals surface area contributed by atoms with Gasteiger partial charge in [-0.25, -0.2) is 4.99 Å². The van der Waals surface area contributed by atoms with Gasteiger partial charge in [-0.15, -0.1) is 24.0 Å². The van der Waals surface area contributed by atoms with E-state index in [2.05, 4.69) is 15.0 Å². The van der Waals surface area contributed by atoms with Gasteiger partial charge in [0.1, 0.15) is 6.61 Å². The Morgan fingerprint density at radius 3 is 2.43 bits per heavy atom. The minimum Gasteiger partial charge on any atom is -0.381 e. The van der Waals surface area contributed by atoms with E-state index in [9.17, 15) is 13.2 Å². The average Bonchev–Trinajstić information content (AvgIpc) is 2.70. The van der Waals surface area contributed by atoms with E-state index in [1.807, 2.05) is 26.1 Å². The lowest BCUT2D eigenvalue weighted by Crippen LogP contribution is -2.40. The molecule has 1 N–H and O–H groups in total. The Balaban J connectivity index is 0.00000450. The molecule has 0 unspecified atom stereocenters. The highest BCUT2D eigenvalue weighted by Crippen LogP contribution is 2.19. The van der Waals surface area contributed by atoms with Crippen LogP contribution in [0.1, 0.15) is 37.3 Å². The van der Waals surface area contributed by atoms with E-state index >= 15 is 0 Å². The summed E-state index contributed by atoms with van der Waals surface area (Å²) in [5.41, 5.74) is 1.71. The van der Waals surface area contributed by atoms with Crippen molar-refractivity contribution < 1.29 is 22.6 Å². The molecule has 172 valence electrons. The summed E-state index contributed by atoms with van der Waals surface area (Å²) in [5.74, 6) is 1.57. The number of alkyl halides is 3. The molecule has 1 fully saturated rings. The van der Waals surface area contributed by atoms with Gasteiger partial charge in [0.25, 0.3) is 0 Å². The number of ether oxygens (including phenoxy) is 2. The standard InChI is InChI=1S/C21H32F3N3O2.HI/c1-3-25-20(27(2)11-8-17-9-12-28-13-10-17)26-14-18-4-6-19(7-5-18)15-29-16-21(22,23)24;/h4-7,17H,3,8-16H2,1-2H3,(H,25,26);1H. The molecule has 0 aromatic heterocycles. The first kappa shape index (κ1) is 27.0. The molecule has 0 amide bonds. The second-order valence-corrected chi connectivity index (χ2v) is 7.36. The molecule has 0 spiro atoms. The number of aliphatic imine (C=N–C) groups is 1. The summed E-state index contributed by atoms with van der Waals surface area (Å²) < 4.78 is 46.5. The first-order chi connectivity index (χ1) is 13.9.